The molecule has 1 N–H and O–H groups in total. The first-order chi connectivity index (χ1) is 11.6. The minimum absolute atomic E-state index is 0.00510. The van der Waals surface area contributed by atoms with E-state index < -0.39 is 0 Å². The lowest BCUT2D eigenvalue weighted by atomic mass is 10.1. The van der Waals surface area contributed by atoms with E-state index in [1.54, 1.807) is 10.9 Å². The summed E-state index contributed by atoms with van der Waals surface area (Å²) in [5, 5.41) is 11.3. The Labute approximate surface area is 140 Å². The molecule has 2 heterocycles. The quantitative estimate of drug-likeness (QED) is 0.756. The molecule has 1 aromatic carbocycles. The second-order valence-corrected chi connectivity index (χ2v) is 6.07. The Morgan fingerprint density at radius 2 is 1.96 bits per heavy atom. The van der Waals surface area contributed by atoms with Crippen LogP contribution in [0.5, 0.6) is 0 Å². The van der Waals surface area contributed by atoms with Crippen molar-refractivity contribution >= 4 is 16.9 Å². The molecule has 1 amide bonds. The van der Waals surface area contributed by atoms with Gasteiger partial charge in [-0.1, -0.05) is 23.4 Å². The molecule has 6 nitrogen and oxygen atoms in total. The Morgan fingerprint density at radius 3 is 2.75 bits per heavy atom. The predicted octanol–water partition coefficient (Wildman–Crippen LogP) is 2.52. The van der Waals surface area contributed by atoms with Crippen LogP contribution >= 0.6 is 0 Å². The predicted molar refractivity (Wildman–Crippen MR) is 92.4 cm³/mol. The first-order valence-electron chi connectivity index (χ1n) is 8.12. The Morgan fingerprint density at radius 1 is 1.17 bits per heavy atom. The third-order valence-corrected chi connectivity index (χ3v) is 3.92. The summed E-state index contributed by atoms with van der Waals surface area (Å²) in [4.78, 5) is 16.6. The minimum atomic E-state index is -0.0561. The zero-order chi connectivity index (χ0) is 16.9. The molecule has 0 spiro atoms. The lowest BCUT2D eigenvalue weighted by molar-refractivity contribution is -0.122. The van der Waals surface area contributed by atoms with Gasteiger partial charge in [-0.15, -0.1) is 5.10 Å². The van der Waals surface area contributed by atoms with Crippen molar-refractivity contribution in [3.63, 3.8) is 0 Å². The van der Waals surface area contributed by atoms with E-state index in [4.69, 9.17) is 0 Å². The van der Waals surface area contributed by atoms with Crippen molar-refractivity contribution in [2.45, 2.75) is 38.8 Å². The van der Waals surface area contributed by atoms with E-state index in [1.807, 2.05) is 56.3 Å². The van der Waals surface area contributed by atoms with Gasteiger partial charge in [0.1, 0.15) is 5.52 Å². The summed E-state index contributed by atoms with van der Waals surface area (Å²) in [5.74, 6) is 0.00510. The Bertz CT molecular complexity index is 814. The lowest BCUT2D eigenvalue weighted by Crippen LogP contribution is -2.35. The Balaban J connectivity index is 1.58. The molecule has 0 unspecified atom stereocenters. The SMILES string of the molecule is C[C@@H](Cc1ccccn1)NC(=O)C[C@H](C)n1nnc2ccccc21. The van der Waals surface area contributed by atoms with Crippen LogP contribution in [0.25, 0.3) is 11.0 Å². The molecule has 0 saturated heterocycles. The molecule has 0 bridgehead atoms. The van der Waals surface area contributed by atoms with Crippen LogP contribution in [0.4, 0.5) is 0 Å². The van der Waals surface area contributed by atoms with Crippen molar-refractivity contribution in [1.82, 2.24) is 25.3 Å². The van der Waals surface area contributed by atoms with E-state index >= 15 is 0 Å². The largest absolute Gasteiger partial charge is 0.353 e. The summed E-state index contributed by atoms with van der Waals surface area (Å²) < 4.78 is 1.80. The number of carbonyl (C=O) groups is 1. The first kappa shape index (κ1) is 16.1. The van der Waals surface area contributed by atoms with Crippen LogP contribution in [-0.4, -0.2) is 31.9 Å². The highest BCUT2D eigenvalue weighted by atomic mass is 16.1. The zero-order valence-corrected chi connectivity index (χ0v) is 13.9. The summed E-state index contributed by atoms with van der Waals surface area (Å²) in [5.41, 5.74) is 2.76. The van der Waals surface area contributed by atoms with Gasteiger partial charge in [0, 0.05) is 30.8 Å². The summed E-state index contributed by atoms with van der Waals surface area (Å²) in [6, 6.07) is 13.5. The molecule has 124 valence electrons. The van der Waals surface area contributed by atoms with E-state index in [9.17, 15) is 4.79 Å². The molecule has 0 radical (unpaired) electrons. The van der Waals surface area contributed by atoms with Crippen LogP contribution in [-0.2, 0) is 11.2 Å². The highest BCUT2D eigenvalue weighted by Gasteiger charge is 2.16. The molecule has 6 heteroatoms. The Hall–Kier alpha value is -2.76. The monoisotopic (exact) mass is 323 g/mol. The number of nitrogens with zero attached hydrogens (tertiary/aromatic N) is 4. The molecule has 3 aromatic rings. The standard InChI is InChI=1S/C18H21N5O/c1-13(11-15-7-5-6-10-19-15)20-18(24)12-14(2)23-17-9-4-3-8-16(17)21-22-23/h3-10,13-14H,11-12H2,1-2H3,(H,20,24)/t13-,14-/m0/s1. The molecule has 0 aliphatic rings. The van der Waals surface area contributed by atoms with Crippen LogP contribution in [0, 0.1) is 0 Å². The summed E-state index contributed by atoms with van der Waals surface area (Å²) in [6.45, 7) is 3.96. The minimum Gasteiger partial charge on any atom is -0.353 e. The third kappa shape index (κ3) is 3.76. The van der Waals surface area contributed by atoms with Crippen LogP contribution < -0.4 is 5.32 Å². The molecule has 0 aliphatic heterocycles. The molecule has 0 fully saturated rings. The molecular formula is C18H21N5O. The second kappa shape index (κ2) is 7.21. The van der Waals surface area contributed by atoms with E-state index in [-0.39, 0.29) is 18.0 Å². The van der Waals surface area contributed by atoms with Gasteiger partial charge in [0.25, 0.3) is 0 Å². The lowest BCUT2D eigenvalue weighted by Gasteiger charge is -2.16. The maximum Gasteiger partial charge on any atom is 0.222 e. The number of hydrogen-bond acceptors (Lipinski definition) is 4. The van der Waals surface area contributed by atoms with Crippen molar-refractivity contribution in [3.05, 3.63) is 54.4 Å². The van der Waals surface area contributed by atoms with E-state index in [0.29, 0.717) is 12.8 Å². The van der Waals surface area contributed by atoms with Gasteiger partial charge in [-0.3, -0.25) is 9.78 Å². The average Bonchev–Trinajstić information content (AvgIpc) is 2.99. The maximum absolute atomic E-state index is 12.3. The number of amides is 1. The number of pyridine rings is 1. The fourth-order valence-corrected chi connectivity index (χ4v) is 2.78. The van der Waals surface area contributed by atoms with E-state index in [1.165, 1.54) is 0 Å². The highest BCUT2D eigenvalue weighted by molar-refractivity contribution is 5.77. The van der Waals surface area contributed by atoms with Crippen LogP contribution in [0.1, 0.15) is 32.0 Å². The van der Waals surface area contributed by atoms with Crippen molar-refractivity contribution in [1.29, 1.82) is 0 Å². The smallest absolute Gasteiger partial charge is 0.222 e. The number of rotatable bonds is 6. The van der Waals surface area contributed by atoms with E-state index in [0.717, 1.165) is 16.7 Å². The van der Waals surface area contributed by atoms with Crippen molar-refractivity contribution in [3.8, 4) is 0 Å². The molecule has 3 rings (SSSR count). The van der Waals surface area contributed by atoms with Crippen LogP contribution in [0.3, 0.4) is 0 Å². The van der Waals surface area contributed by atoms with Gasteiger partial charge in [0.2, 0.25) is 5.91 Å². The number of aromatic nitrogens is 4. The summed E-state index contributed by atoms with van der Waals surface area (Å²) in [7, 11) is 0. The van der Waals surface area contributed by atoms with Crippen molar-refractivity contribution in [2.24, 2.45) is 0 Å². The van der Waals surface area contributed by atoms with Gasteiger partial charge in [0.05, 0.1) is 11.6 Å². The number of nitrogens with one attached hydrogen (secondary N) is 1. The second-order valence-electron chi connectivity index (χ2n) is 6.07. The fourth-order valence-electron chi connectivity index (χ4n) is 2.78. The Kier molecular flexibility index (Phi) is 4.84. The third-order valence-electron chi connectivity index (χ3n) is 3.92. The average molecular weight is 323 g/mol. The van der Waals surface area contributed by atoms with Crippen LogP contribution in [0.15, 0.2) is 48.7 Å². The van der Waals surface area contributed by atoms with E-state index in [2.05, 4.69) is 20.6 Å². The number of para-hydroxylation sites is 1. The maximum atomic E-state index is 12.3. The fraction of sp³-hybridized carbons (Fsp3) is 0.333. The summed E-state index contributed by atoms with van der Waals surface area (Å²) >= 11 is 0. The normalized spacial score (nSPS) is 13.6. The van der Waals surface area contributed by atoms with Crippen molar-refractivity contribution in [2.75, 3.05) is 0 Å². The van der Waals surface area contributed by atoms with Gasteiger partial charge in [0.15, 0.2) is 0 Å². The highest BCUT2D eigenvalue weighted by Crippen LogP contribution is 2.17. The number of benzene rings is 1. The number of fused-ring (bicyclic) bond motifs is 1. The molecular weight excluding hydrogens is 302 g/mol. The molecule has 0 aliphatic carbocycles. The number of carbonyl (C=O) groups excluding carboxylic acids is 1. The van der Waals surface area contributed by atoms with Gasteiger partial charge in [-0.05, 0) is 38.1 Å². The molecule has 2 atom stereocenters. The number of hydrogen-bond donors (Lipinski definition) is 1. The van der Waals surface area contributed by atoms with Gasteiger partial charge < -0.3 is 5.32 Å². The van der Waals surface area contributed by atoms with Crippen LogP contribution in [0.2, 0.25) is 0 Å². The zero-order valence-electron chi connectivity index (χ0n) is 13.9. The van der Waals surface area contributed by atoms with Gasteiger partial charge in [-0.25, -0.2) is 4.68 Å². The van der Waals surface area contributed by atoms with Gasteiger partial charge >= 0.3 is 0 Å². The van der Waals surface area contributed by atoms with Gasteiger partial charge in [-0.2, -0.15) is 0 Å². The first-order valence-corrected chi connectivity index (χ1v) is 8.12. The summed E-state index contributed by atoms with van der Waals surface area (Å²) in [6.07, 6.45) is 2.84. The molecule has 2 aromatic heterocycles. The van der Waals surface area contributed by atoms with Crippen molar-refractivity contribution < 1.29 is 4.79 Å². The molecule has 24 heavy (non-hydrogen) atoms. The topological polar surface area (TPSA) is 72.7 Å². The molecule has 0 saturated carbocycles.